The third-order valence-corrected chi connectivity index (χ3v) is 9.19. The maximum absolute atomic E-state index is 11.0. The fraction of sp³-hybridized carbons (Fsp3) is 0.143. The molecule has 2 unspecified atom stereocenters. The van der Waals surface area contributed by atoms with Crippen LogP contribution in [0.3, 0.4) is 0 Å². The Morgan fingerprint density at radius 1 is 0.548 bits per heavy atom. The smallest absolute Gasteiger partial charge is 0.189 e. The van der Waals surface area contributed by atoms with Crippen LogP contribution in [-0.4, -0.2) is 11.8 Å². The molecule has 31 heavy (non-hydrogen) atoms. The van der Waals surface area contributed by atoms with Crippen molar-refractivity contribution in [3.63, 3.8) is 0 Å². The van der Waals surface area contributed by atoms with Crippen molar-refractivity contribution in [2.24, 2.45) is 0 Å². The molecular weight excluding hydrogens is 722 g/mol. The Morgan fingerprint density at radius 2 is 0.806 bits per heavy atom. The zero-order valence-electron chi connectivity index (χ0n) is 15.4. The summed E-state index contributed by atoms with van der Waals surface area (Å²) in [7, 11) is -19.6. The third-order valence-electron chi connectivity index (χ3n) is 2.67. The molecule has 2 aromatic carbocycles. The van der Waals surface area contributed by atoms with E-state index in [0.29, 0.717) is 0 Å². The molecule has 0 N–H and O–H groups in total. The van der Waals surface area contributed by atoms with Crippen LogP contribution in [-0.2, 0) is 18.3 Å². The van der Waals surface area contributed by atoms with Gasteiger partial charge in [-0.05, 0) is 24.3 Å². The predicted molar refractivity (Wildman–Crippen MR) is 94.3 cm³/mol. The van der Waals surface area contributed by atoms with E-state index in [2.05, 4.69) is 9.05 Å². The first-order valence-corrected chi connectivity index (χ1v) is 14.6. The molecule has 0 saturated heterocycles. The monoisotopic (exact) mass is 736 g/mol. The van der Waals surface area contributed by atoms with Gasteiger partial charge in [-0.2, -0.15) is 0 Å². The van der Waals surface area contributed by atoms with E-state index in [1.165, 1.54) is 48.5 Å². The summed E-state index contributed by atoms with van der Waals surface area (Å²) in [6, 6.07) is 14.7. The van der Waals surface area contributed by atoms with E-state index in [4.69, 9.17) is 0 Å². The van der Waals surface area contributed by atoms with E-state index >= 15 is 0 Å². The molecule has 0 amide bonds. The second-order valence-electron chi connectivity index (χ2n) is 5.54. The molecule has 172 valence electrons. The Balaban J connectivity index is 0.000000562. The van der Waals surface area contributed by atoms with Gasteiger partial charge < -0.3 is 47.5 Å². The van der Waals surface area contributed by atoms with Gasteiger partial charge in [0.15, 0.2) is 15.2 Å². The van der Waals surface area contributed by atoms with Crippen LogP contribution in [0, 0.1) is 31.1 Å². The van der Waals surface area contributed by atoms with E-state index in [-0.39, 0.29) is 42.6 Å². The Morgan fingerprint density at radius 3 is 1.03 bits per heavy atom. The average Bonchev–Trinajstić information content (AvgIpc) is 2.51. The van der Waals surface area contributed by atoms with Gasteiger partial charge in [-0.1, -0.05) is 51.6 Å². The van der Waals surface area contributed by atoms with Crippen LogP contribution in [0.1, 0.15) is 0 Å². The molecule has 0 aliphatic rings. The Labute approximate surface area is 201 Å². The topological polar surface area (TPSA) is 225 Å². The summed E-state index contributed by atoms with van der Waals surface area (Å²) in [4.78, 5) is 63.1. The molecule has 0 radical (unpaired) electrons. The summed E-state index contributed by atoms with van der Waals surface area (Å²) in [5.41, 5.74) is 0. The number of para-hydroxylation sites is 2. The Hall–Kier alpha value is -0.228. The second kappa shape index (κ2) is 12.9. The minimum Gasteiger partial charge on any atom is -0.810 e. The van der Waals surface area contributed by atoms with E-state index in [9.17, 15) is 47.6 Å². The molecule has 0 bridgehead atoms. The zero-order chi connectivity index (χ0) is 23.1. The average molecular weight is 736 g/mol. The minimum atomic E-state index is -5.12. The summed E-state index contributed by atoms with van der Waals surface area (Å²) in [6.07, 6.45) is 0. The molecule has 0 aliphatic heterocycles. The van der Waals surface area contributed by atoms with Crippen molar-refractivity contribution >= 4 is 30.4 Å². The third kappa shape index (κ3) is 16.1. The van der Waals surface area contributed by atoms with Crippen molar-refractivity contribution in [1.29, 1.82) is 0 Å². The minimum absolute atomic E-state index is 0. The summed E-state index contributed by atoms with van der Waals surface area (Å²) in [6.45, 7) is 0. The van der Waals surface area contributed by atoms with Crippen molar-refractivity contribution in [2.45, 2.75) is 0 Å². The van der Waals surface area contributed by atoms with Gasteiger partial charge in [0.25, 0.3) is 0 Å². The maximum atomic E-state index is 11.0. The molecule has 0 fully saturated rings. The van der Waals surface area contributed by atoms with Crippen LogP contribution in [0.5, 0.6) is 11.5 Å². The summed E-state index contributed by atoms with van der Waals surface area (Å²) in [5.74, 6) is -3.09. The zero-order valence-corrected chi connectivity index (χ0v) is 23.1. The van der Waals surface area contributed by atoms with Gasteiger partial charge >= 0.3 is 0 Å². The molecule has 2 atom stereocenters. The van der Waals surface area contributed by atoms with Gasteiger partial charge in [-0.3, -0.25) is 9.13 Å². The molecule has 0 aliphatic carbocycles. The number of benzene rings is 2. The molecule has 0 saturated carbocycles. The second-order valence-corrected chi connectivity index (χ2v) is 13.1. The van der Waals surface area contributed by atoms with E-state index in [1.807, 2.05) is 0 Å². The molecule has 0 heterocycles. The van der Waals surface area contributed by atoms with Crippen LogP contribution in [0.4, 0.5) is 0 Å². The van der Waals surface area contributed by atoms with Crippen molar-refractivity contribution in [3.8, 4) is 11.5 Å². The predicted octanol–water partition coefficient (Wildman–Crippen LogP) is -1.02. The summed E-state index contributed by atoms with van der Waals surface area (Å²) >= 11 is 0. The number of rotatable bonds is 8. The molecule has 0 spiro atoms. The first-order chi connectivity index (χ1) is 13.6. The number of hydrogen-bond donors (Lipinski definition) is 0. The fourth-order valence-corrected chi connectivity index (χ4v) is 6.51. The molecule has 12 nitrogen and oxygen atoms in total. The van der Waals surface area contributed by atoms with Gasteiger partial charge in [-0.15, -0.1) is 0 Å². The normalized spacial score (nSPS) is 15.2. The molecule has 17 heteroatoms. The van der Waals surface area contributed by atoms with Gasteiger partial charge in [0, 0.05) is 31.1 Å². The maximum Gasteiger partial charge on any atom is 0.189 e. The Bertz CT molecular complexity index is 909. The summed E-state index contributed by atoms with van der Waals surface area (Å²) in [5, 5.41) is 0. The van der Waals surface area contributed by atoms with Crippen LogP contribution in [0.15, 0.2) is 60.7 Å². The first kappa shape index (κ1) is 30.8. The van der Waals surface area contributed by atoms with Gasteiger partial charge in [-0.25, -0.2) is 0 Å². The van der Waals surface area contributed by atoms with Crippen molar-refractivity contribution in [2.75, 3.05) is 11.8 Å². The molecule has 0 aromatic heterocycles. The molecule has 2 aromatic rings. The van der Waals surface area contributed by atoms with E-state index < -0.39 is 42.2 Å². The van der Waals surface area contributed by atoms with Crippen LogP contribution < -0.4 is 38.4 Å². The molecular formula is C14H14O12P4U-6. The van der Waals surface area contributed by atoms with Gasteiger partial charge in [0.2, 0.25) is 0 Å². The first-order valence-electron chi connectivity index (χ1n) is 7.69. The SMILES string of the molecule is O=P([O-])([O-])CP(=O)([O-])Oc1ccccc1.O=P([O-])([O-])CP(=O)([O-])Oc1ccccc1.[U]. The standard InChI is InChI=1S/2C7H10O6P2.U/c2*8-14(9,10)6-15(11,12)13-7-4-2-1-3-5-7;/h2*1-5H,6H2,(H,11,12)(H2,8,9,10);/p-6. The van der Waals surface area contributed by atoms with Crippen molar-refractivity contribution < 1.29 is 87.8 Å². The van der Waals surface area contributed by atoms with Crippen LogP contribution in [0.2, 0.25) is 0 Å². The van der Waals surface area contributed by atoms with Crippen molar-refractivity contribution in [1.82, 2.24) is 0 Å². The van der Waals surface area contributed by atoms with Gasteiger partial charge in [0.1, 0.15) is 11.5 Å². The van der Waals surface area contributed by atoms with E-state index in [0.717, 1.165) is 0 Å². The van der Waals surface area contributed by atoms with E-state index in [1.54, 1.807) is 12.1 Å². The Kier molecular flexibility index (Phi) is 12.8. The van der Waals surface area contributed by atoms with Crippen LogP contribution >= 0.6 is 30.4 Å². The number of hydrogen-bond acceptors (Lipinski definition) is 12. The van der Waals surface area contributed by atoms with Gasteiger partial charge in [0.05, 0.1) is 11.8 Å². The molecule has 2 rings (SSSR count). The summed E-state index contributed by atoms with van der Waals surface area (Å²) < 4.78 is 51.4. The fourth-order valence-electron chi connectivity index (χ4n) is 1.77. The largest absolute Gasteiger partial charge is 0.810 e. The van der Waals surface area contributed by atoms with Crippen LogP contribution in [0.25, 0.3) is 0 Å². The quantitative estimate of drug-likeness (QED) is 0.297. The van der Waals surface area contributed by atoms with Crippen molar-refractivity contribution in [3.05, 3.63) is 60.7 Å².